The molecule has 0 saturated carbocycles. The molecule has 0 aliphatic heterocycles. The Morgan fingerprint density at radius 1 is 1.30 bits per heavy atom. The van der Waals surface area contributed by atoms with Crippen LogP contribution in [-0.4, -0.2) is 71.1 Å². The van der Waals surface area contributed by atoms with E-state index >= 15 is 0 Å². The molecule has 0 aromatic rings. The molecule has 0 heterocycles. The second-order valence-corrected chi connectivity index (χ2v) is 26.0. The fraction of sp³-hybridized carbons (Fsp3) is 1.00. The molecule has 0 fully saturated rings. The molecule has 10 heavy (non-hydrogen) atoms. The van der Waals surface area contributed by atoms with E-state index in [2.05, 4.69) is 0 Å². The third-order valence-electron chi connectivity index (χ3n) is 0.726. The molecule has 0 saturated heterocycles. The standard InChI is InChI=1S/CH2F3O2Si3.K/c2-1(3,4)9(6)8-7-5;/h8H2;. The Labute approximate surface area is 91.6 Å². The average Bonchev–Trinajstić information content (AvgIpc) is 1.60. The zero-order chi connectivity index (χ0) is 8.36. The van der Waals surface area contributed by atoms with Gasteiger partial charge in [0.25, 0.3) is 0 Å². The van der Waals surface area contributed by atoms with E-state index in [0.717, 1.165) is 0 Å². The Morgan fingerprint density at radius 3 is 1.80 bits per heavy atom. The van der Waals surface area contributed by atoms with Crippen LogP contribution in [0.15, 0.2) is 0 Å². The van der Waals surface area contributed by atoms with Crippen molar-refractivity contribution in [1.82, 2.24) is 0 Å². The molecular formula is CH2F3KO2Si3. The molecule has 0 aliphatic carbocycles. The van der Waals surface area contributed by atoms with Crippen LogP contribution in [0.5, 0.6) is 0 Å². The van der Waals surface area contributed by atoms with Gasteiger partial charge in [-0.05, 0) is 0 Å². The number of alkyl halides is 3. The quantitative estimate of drug-likeness (QED) is 0.552. The molecule has 0 aromatic carbocycles. The zero-order valence-electron chi connectivity index (χ0n) is 5.16. The van der Waals surface area contributed by atoms with Gasteiger partial charge in [-0.15, -0.1) is 0 Å². The van der Waals surface area contributed by atoms with Gasteiger partial charge >= 0.3 is 93.2 Å². The number of halogens is 3. The van der Waals surface area contributed by atoms with Crippen molar-refractivity contribution < 1.29 is 22.1 Å². The minimum absolute atomic E-state index is 0.0462. The molecule has 0 amide bonds. The van der Waals surface area contributed by atoms with E-state index in [0.29, 0.717) is 0 Å². The van der Waals surface area contributed by atoms with Gasteiger partial charge in [0.1, 0.15) is 0 Å². The molecule has 0 aliphatic rings. The number of hydrogen-bond donors (Lipinski definition) is 0. The van der Waals surface area contributed by atoms with Crippen LogP contribution < -0.4 is 0 Å². The maximum absolute atomic E-state index is 11.5. The monoisotopic (exact) mass is 226 g/mol. The minimum atomic E-state index is -4.55. The maximum atomic E-state index is 11.5. The molecule has 0 atom stereocenters. The second kappa shape index (κ2) is 4.64. The summed E-state index contributed by atoms with van der Waals surface area (Å²) in [5.41, 5.74) is 0. The molecule has 0 radical (unpaired) electrons. The molecule has 0 N–H and O–H groups in total. The summed E-state index contributed by atoms with van der Waals surface area (Å²) in [5, 5.41) is 0. The summed E-state index contributed by atoms with van der Waals surface area (Å²) in [5.74, 6) is -4.55. The third-order valence-corrected chi connectivity index (χ3v) is 28.1. The first kappa shape index (κ1) is 11.7. The Balaban J connectivity index is 3.99. The van der Waals surface area contributed by atoms with Crippen molar-refractivity contribution in [3.8, 4) is 0 Å². The fourth-order valence-electron chi connectivity index (χ4n) is 0.326. The van der Waals surface area contributed by atoms with E-state index in [1.54, 1.807) is 0 Å². The first-order valence-electron chi connectivity index (χ1n) is 2.43. The van der Waals surface area contributed by atoms with Crippen molar-refractivity contribution in [2.75, 3.05) is 0 Å². The predicted molar refractivity (Wildman–Crippen MR) is 33.2 cm³/mol. The molecular weight excluding hydrogens is 224 g/mol. The number of hydrogen-bond acceptors (Lipinski definition) is 2. The fourth-order valence-corrected chi connectivity index (χ4v) is 22.3. The molecule has 9 heteroatoms. The van der Waals surface area contributed by atoms with E-state index in [1.165, 1.54) is 0 Å². The van der Waals surface area contributed by atoms with Crippen molar-refractivity contribution in [2.45, 2.75) is 5.80 Å². The van der Waals surface area contributed by atoms with Crippen LogP contribution in [0.25, 0.3) is 0 Å². The predicted octanol–water partition coefficient (Wildman–Crippen LogP) is -1.24. The van der Waals surface area contributed by atoms with Gasteiger partial charge in [0.15, 0.2) is 0 Å². The Hall–Kier alpha value is 1.68. The molecule has 0 aromatic heterocycles. The van der Waals surface area contributed by atoms with Gasteiger partial charge in [-0.1, -0.05) is 0 Å². The van der Waals surface area contributed by atoms with E-state index in [4.69, 9.17) is 0 Å². The van der Waals surface area contributed by atoms with Crippen LogP contribution in [0.2, 0.25) is 0 Å². The summed E-state index contributed by atoms with van der Waals surface area (Å²) in [7, 11) is -5.22. The van der Waals surface area contributed by atoms with Crippen LogP contribution in [0.4, 0.5) is 13.2 Å². The van der Waals surface area contributed by atoms with Crippen LogP contribution >= 0.6 is 0 Å². The van der Waals surface area contributed by atoms with Crippen molar-refractivity contribution in [2.24, 2.45) is 0 Å². The zero-order valence-corrected chi connectivity index (χ0v) is 11.7. The average molecular weight is 226 g/mol. The van der Waals surface area contributed by atoms with E-state index < -0.39 is 23.4 Å². The van der Waals surface area contributed by atoms with Crippen molar-refractivity contribution >= 4 is 65.3 Å². The Bertz CT molecular complexity index is 166. The number of rotatable bonds is 2. The van der Waals surface area contributed by atoms with Gasteiger partial charge < -0.3 is 0 Å². The van der Waals surface area contributed by atoms with Crippen molar-refractivity contribution in [3.63, 3.8) is 0 Å². The van der Waals surface area contributed by atoms with Gasteiger partial charge in [0, 0.05) is 0 Å². The van der Waals surface area contributed by atoms with Gasteiger partial charge in [-0.3, -0.25) is 0 Å². The molecule has 0 unspecified atom stereocenters. The Kier molecular flexibility index (Phi) is 5.42. The second-order valence-electron chi connectivity index (χ2n) is 1.80. The topological polar surface area (TPSA) is 34.1 Å². The third kappa shape index (κ3) is 5.34. The van der Waals surface area contributed by atoms with E-state index in [-0.39, 0.29) is 47.7 Å². The molecule has 0 bridgehead atoms. The summed E-state index contributed by atoms with van der Waals surface area (Å²) in [6.45, 7) is 0. The molecule has 2 nitrogen and oxygen atoms in total. The van der Waals surface area contributed by atoms with Crippen LogP contribution in [0, 0.1) is 0 Å². The molecule has 0 spiro atoms. The van der Waals surface area contributed by atoms with E-state index in [1.807, 2.05) is 0 Å². The summed E-state index contributed by atoms with van der Waals surface area (Å²) in [4.78, 5) is 0. The van der Waals surface area contributed by atoms with Crippen LogP contribution in [-0.2, 0) is 8.92 Å². The summed E-state index contributed by atoms with van der Waals surface area (Å²) < 4.78 is 53.1. The van der Waals surface area contributed by atoms with Crippen molar-refractivity contribution in [3.05, 3.63) is 0 Å². The normalized spacial score (nSPS) is 12.5. The van der Waals surface area contributed by atoms with Gasteiger partial charge in [0.05, 0.1) is 0 Å². The summed E-state index contributed by atoms with van der Waals surface area (Å²) in [6.07, 6.45) is 0. The summed E-state index contributed by atoms with van der Waals surface area (Å²) >= 11 is -0.0462. The SMILES string of the molecule is O=[Si]([K])[SiH2][Si](=O)C(F)(F)F. The summed E-state index contributed by atoms with van der Waals surface area (Å²) in [6, 6.07) is 0. The van der Waals surface area contributed by atoms with Gasteiger partial charge in [-0.2, -0.15) is 0 Å². The van der Waals surface area contributed by atoms with Gasteiger partial charge in [0.2, 0.25) is 0 Å². The van der Waals surface area contributed by atoms with Gasteiger partial charge in [-0.25, -0.2) is 0 Å². The first-order valence-corrected chi connectivity index (χ1v) is 15.1. The molecule has 52 valence electrons. The van der Waals surface area contributed by atoms with Crippen LogP contribution in [0.1, 0.15) is 0 Å². The Morgan fingerprint density at radius 2 is 1.70 bits per heavy atom. The van der Waals surface area contributed by atoms with E-state index in [9.17, 15) is 22.1 Å². The van der Waals surface area contributed by atoms with Crippen LogP contribution in [0.3, 0.4) is 0 Å². The molecule has 0 rings (SSSR count). The van der Waals surface area contributed by atoms with Crippen molar-refractivity contribution in [1.29, 1.82) is 0 Å². The first-order chi connectivity index (χ1) is 4.34.